The highest BCUT2D eigenvalue weighted by Gasteiger charge is 2.39. The zero-order chi connectivity index (χ0) is 12.4. The van der Waals surface area contributed by atoms with E-state index in [1.54, 1.807) is 0 Å². The highest BCUT2D eigenvalue weighted by atomic mass is 32.2. The summed E-state index contributed by atoms with van der Waals surface area (Å²) in [6, 6.07) is 0. The molecule has 2 atom stereocenters. The molecule has 0 spiro atoms. The maximum absolute atomic E-state index is 5.30. The second-order valence-corrected chi connectivity index (χ2v) is 7.69. The van der Waals surface area contributed by atoms with E-state index in [9.17, 15) is 0 Å². The molecule has 0 aliphatic carbocycles. The van der Waals surface area contributed by atoms with E-state index >= 15 is 0 Å². The van der Waals surface area contributed by atoms with E-state index in [4.69, 9.17) is 9.22 Å². The maximum Gasteiger partial charge on any atom is 0.0870 e. The minimum Gasteiger partial charge on any atom is -0.224 e. The Kier molecular flexibility index (Phi) is 4.73. The van der Waals surface area contributed by atoms with Gasteiger partial charge < -0.3 is 0 Å². The first kappa shape index (κ1) is 14.3. The van der Waals surface area contributed by atoms with Crippen molar-refractivity contribution >= 4 is 12.0 Å². The van der Waals surface area contributed by atoms with Crippen molar-refractivity contribution in [2.24, 2.45) is 22.7 Å². The monoisotopic (exact) mass is 246 g/mol. The van der Waals surface area contributed by atoms with Gasteiger partial charge >= 0.3 is 0 Å². The van der Waals surface area contributed by atoms with Crippen molar-refractivity contribution in [3.05, 3.63) is 0 Å². The quantitative estimate of drug-likeness (QED) is 0.469. The molecule has 0 bridgehead atoms. The van der Waals surface area contributed by atoms with E-state index in [1.807, 2.05) is 0 Å². The molecule has 1 saturated heterocycles. The van der Waals surface area contributed by atoms with E-state index < -0.39 is 0 Å². The molecular formula is C13H26O2S. The van der Waals surface area contributed by atoms with Crippen LogP contribution in [0.25, 0.3) is 0 Å². The third-order valence-electron chi connectivity index (χ3n) is 3.57. The van der Waals surface area contributed by atoms with Crippen LogP contribution in [0.2, 0.25) is 0 Å². The molecule has 1 aliphatic rings. The molecule has 0 amide bonds. The smallest absolute Gasteiger partial charge is 0.0870 e. The molecule has 0 aromatic heterocycles. The number of hydrogen-bond acceptors (Lipinski definition) is 3. The van der Waals surface area contributed by atoms with Gasteiger partial charge in [-0.3, -0.25) is 0 Å². The first-order valence-corrected chi connectivity index (χ1v) is 7.05. The van der Waals surface area contributed by atoms with Crippen LogP contribution in [0.15, 0.2) is 0 Å². The highest BCUT2D eigenvalue weighted by Crippen LogP contribution is 2.44. The molecular weight excluding hydrogens is 220 g/mol. The fourth-order valence-electron chi connectivity index (χ4n) is 2.55. The molecule has 1 heterocycles. The van der Waals surface area contributed by atoms with Crippen molar-refractivity contribution in [3.63, 3.8) is 0 Å². The zero-order valence-electron chi connectivity index (χ0n) is 11.5. The minimum absolute atomic E-state index is 0.267. The Bertz CT molecular complexity index is 191. The largest absolute Gasteiger partial charge is 0.224 e. The summed E-state index contributed by atoms with van der Waals surface area (Å²) in [5.74, 6) is 2.26. The summed E-state index contributed by atoms with van der Waals surface area (Å²) in [4.78, 5) is 5.30. The predicted molar refractivity (Wildman–Crippen MR) is 70.0 cm³/mol. The Balaban J connectivity index is 2.86. The van der Waals surface area contributed by atoms with Gasteiger partial charge in [-0.2, -0.15) is 4.33 Å². The maximum atomic E-state index is 5.30. The molecule has 2 unspecified atom stereocenters. The average molecular weight is 246 g/mol. The van der Waals surface area contributed by atoms with Crippen molar-refractivity contribution in [2.75, 3.05) is 12.4 Å². The van der Waals surface area contributed by atoms with Crippen LogP contribution in [0.1, 0.15) is 48.0 Å². The lowest BCUT2D eigenvalue weighted by Gasteiger charge is -2.44. The van der Waals surface area contributed by atoms with Gasteiger partial charge in [0.1, 0.15) is 0 Å². The highest BCUT2D eigenvalue weighted by molar-refractivity contribution is 7.94. The first-order chi connectivity index (χ1) is 7.23. The molecule has 96 valence electrons. The second-order valence-electron chi connectivity index (χ2n) is 6.91. The third-order valence-corrected chi connectivity index (χ3v) is 4.16. The van der Waals surface area contributed by atoms with E-state index in [1.165, 1.54) is 18.5 Å². The molecule has 1 rings (SSSR count). The van der Waals surface area contributed by atoms with Gasteiger partial charge in [-0.05, 0) is 29.1 Å². The van der Waals surface area contributed by atoms with Crippen molar-refractivity contribution in [2.45, 2.75) is 48.0 Å². The average Bonchev–Trinajstić information content (AvgIpc) is 1.96. The van der Waals surface area contributed by atoms with Gasteiger partial charge in [0, 0.05) is 17.8 Å². The normalized spacial score (nSPS) is 29.6. The van der Waals surface area contributed by atoms with Crippen molar-refractivity contribution in [1.82, 2.24) is 0 Å². The second kappa shape index (κ2) is 5.28. The van der Waals surface area contributed by atoms with Crippen molar-refractivity contribution in [3.8, 4) is 0 Å². The Hall–Kier alpha value is 0.270. The van der Waals surface area contributed by atoms with E-state index in [-0.39, 0.29) is 5.41 Å². The van der Waals surface area contributed by atoms with E-state index in [2.05, 4.69) is 41.5 Å². The molecule has 0 N–H and O–H groups in total. The molecule has 1 aliphatic heterocycles. The van der Waals surface area contributed by atoms with Gasteiger partial charge in [0.05, 0.1) is 6.61 Å². The van der Waals surface area contributed by atoms with E-state index in [0.29, 0.717) is 23.9 Å². The lowest BCUT2D eigenvalue weighted by Crippen LogP contribution is -2.40. The molecule has 0 radical (unpaired) electrons. The lowest BCUT2D eigenvalue weighted by molar-refractivity contribution is -0.220. The van der Waals surface area contributed by atoms with Gasteiger partial charge in [0.2, 0.25) is 0 Å². The number of rotatable bonds is 0. The van der Waals surface area contributed by atoms with Crippen LogP contribution in [-0.2, 0) is 9.22 Å². The van der Waals surface area contributed by atoms with E-state index in [0.717, 1.165) is 5.75 Å². The summed E-state index contributed by atoms with van der Waals surface area (Å²) >= 11 is 1.44. The molecule has 1 fully saturated rings. The fourth-order valence-corrected chi connectivity index (χ4v) is 3.09. The molecule has 0 aromatic carbocycles. The Labute approximate surface area is 105 Å². The van der Waals surface area contributed by atoms with Gasteiger partial charge in [-0.25, -0.2) is 4.89 Å². The van der Waals surface area contributed by atoms with Gasteiger partial charge in [-0.15, -0.1) is 0 Å². The molecule has 16 heavy (non-hydrogen) atoms. The van der Waals surface area contributed by atoms with Crippen LogP contribution < -0.4 is 0 Å². The Morgan fingerprint density at radius 2 is 1.50 bits per heavy atom. The zero-order valence-corrected chi connectivity index (χ0v) is 12.3. The number of hydrogen-bond donors (Lipinski definition) is 0. The summed E-state index contributed by atoms with van der Waals surface area (Å²) in [6.45, 7) is 14.6. The van der Waals surface area contributed by atoms with Gasteiger partial charge in [0.15, 0.2) is 0 Å². The van der Waals surface area contributed by atoms with Gasteiger partial charge in [0.25, 0.3) is 0 Å². The van der Waals surface area contributed by atoms with Crippen LogP contribution in [0.4, 0.5) is 0 Å². The Morgan fingerprint density at radius 1 is 0.938 bits per heavy atom. The third kappa shape index (κ3) is 3.94. The summed E-state index contributed by atoms with van der Waals surface area (Å²) in [6.07, 6.45) is 1.21. The summed E-state index contributed by atoms with van der Waals surface area (Å²) in [5, 5.41) is 0. The summed E-state index contributed by atoms with van der Waals surface area (Å²) in [7, 11) is 0. The van der Waals surface area contributed by atoms with Crippen molar-refractivity contribution in [1.29, 1.82) is 0 Å². The lowest BCUT2D eigenvalue weighted by atomic mass is 9.63. The van der Waals surface area contributed by atoms with Crippen LogP contribution in [0, 0.1) is 22.7 Å². The molecule has 0 saturated carbocycles. The topological polar surface area (TPSA) is 18.5 Å². The van der Waals surface area contributed by atoms with Gasteiger partial charge in [-0.1, -0.05) is 41.5 Å². The van der Waals surface area contributed by atoms with Crippen LogP contribution >= 0.6 is 12.0 Å². The fraction of sp³-hybridized carbons (Fsp3) is 1.00. The van der Waals surface area contributed by atoms with Crippen LogP contribution in [0.5, 0.6) is 0 Å². The molecule has 3 heteroatoms. The minimum atomic E-state index is 0.267. The van der Waals surface area contributed by atoms with Crippen LogP contribution in [0.3, 0.4) is 0 Å². The molecule has 2 nitrogen and oxygen atoms in total. The summed E-state index contributed by atoms with van der Waals surface area (Å²) < 4.78 is 5.08. The molecule has 0 aromatic rings. The van der Waals surface area contributed by atoms with Crippen molar-refractivity contribution < 1.29 is 9.22 Å². The first-order valence-electron chi connectivity index (χ1n) is 6.14. The summed E-state index contributed by atoms with van der Waals surface area (Å²) in [5.41, 5.74) is 0.600. The SMILES string of the molecule is CC(C)(C)C1CCSOOCC1C(C)(C)C. The Morgan fingerprint density at radius 3 is 2.00 bits per heavy atom. The standard InChI is InChI=1S/C13H26O2S/c1-12(2,3)10-7-8-16-15-14-9-11(10)13(4,5)6/h10-11H,7-9H2,1-6H3. The predicted octanol–water partition coefficient (Wildman–Crippen LogP) is 4.31. The van der Waals surface area contributed by atoms with Crippen LogP contribution in [-0.4, -0.2) is 12.4 Å².